The molecule has 1 unspecified atom stereocenters. The third kappa shape index (κ3) is 7.01. The van der Waals surface area contributed by atoms with Crippen LogP contribution < -0.4 is 5.32 Å². The van der Waals surface area contributed by atoms with Crippen LogP contribution in [0.15, 0.2) is 52.3 Å². The van der Waals surface area contributed by atoms with Crippen molar-refractivity contribution in [3.63, 3.8) is 0 Å². The quantitative estimate of drug-likeness (QED) is 0.325. The maximum Gasteiger partial charge on any atom is 0.418 e. The van der Waals surface area contributed by atoms with Gasteiger partial charge in [0, 0.05) is 23.0 Å². The standard InChI is InChI=1S/C28H35F3N4O3S2/c1-17(2)35(3)19-8-13-23(18(14-19)16-40(37,38)21-11-9-20(39-4)10-12-21)33-26(36)15-25-32-24-7-5-6-22(27(24)34-25)28(29,30)31/h5-7,9-12,17-19,23H,8,13-16H2,1-4H3,(H,32,34)(H,33,36)/t18-,19+,23?/m0/s1. The van der Waals surface area contributed by atoms with Gasteiger partial charge in [0.05, 0.1) is 28.1 Å². The number of imidazole rings is 1. The number of nitrogens with one attached hydrogen (secondary N) is 2. The summed E-state index contributed by atoms with van der Waals surface area (Å²) in [5.74, 6) is -0.740. The van der Waals surface area contributed by atoms with Gasteiger partial charge in [-0.25, -0.2) is 13.4 Å². The van der Waals surface area contributed by atoms with Gasteiger partial charge in [-0.15, -0.1) is 11.8 Å². The molecule has 1 fully saturated rings. The third-order valence-electron chi connectivity index (χ3n) is 7.74. The van der Waals surface area contributed by atoms with Crippen molar-refractivity contribution in [1.29, 1.82) is 0 Å². The Balaban J connectivity index is 1.52. The molecule has 0 bridgehead atoms. The molecule has 1 heterocycles. The van der Waals surface area contributed by atoms with Crippen LogP contribution in [0.5, 0.6) is 0 Å². The van der Waals surface area contributed by atoms with Gasteiger partial charge in [-0.05, 0) is 88.7 Å². The Morgan fingerprint density at radius 2 is 1.88 bits per heavy atom. The molecule has 1 aliphatic rings. The van der Waals surface area contributed by atoms with Crippen LogP contribution >= 0.6 is 11.8 Å². The number of benzene rings is 2. The number of sulfone groups is 1. The van der Waals surface area contributed by atoms with E-state index in [1.807, 2.05) is 13.3 Å². The van der Waals surface area contributed by atoms with E-state index in [2.05, 4.69) is 34.0 Å². The zero-order chi connectivity index (χ0) is 29.2. The number of aromatic nitrogens is 2. The molecule has 0 radical (unpaired) electrons. The predicted octanol–water partition coefficient (Wildman–Crippen LogP) is 5.31. The van der Waals surface area contributed by atoms with Gasteiger partial charge in [0.1, 0.15) is 11.3 Å². The van der Waals surface area contributed by atoms with Gasteiger partial charge < -0.3 is 15.2 Å². The molecular formula is C28H35F3N4O3S2. The van der Waals surface area contributed by atoms with Gasteiger partial charge in [0.2, 0.25) is 5.91 Å². The number of hydrogen-bond acceptors (Lipinski definition) is 6. The first kappa shape index (κ1) is 30.4. The van der Waals surface area contributed by atoms with Gasteiger partial charge in [-0.2, -0.15) is 13.2 Å². The minimum atomic E-state index is -4.57. The molecule has 1 amide bonds. The zero-order valence-corrected chi connectivity index (χ0v) is 24.6. The van der Waals surface area contributed by atoms with Crippen molar-refractivity contribution < 1.29 is 26.4 Å². The highest BCUT2D eigenvalue weighted by atomic mass is 32.2. The van der Waals surface area contributed by atoms with E-state index >= 15 is 0 Å². The van der Waals surface area contributed by atoms with Crippen LogP contribution in [0.4, 0.5) is 13.2 Å². The van der Waals surface area contributed by atoms with Crippen LogP contribution in [0.1, 0.15) is 44.5 Å². The molecule has 40 heavy (non-hydrogen) atoms. The molecule has 1 aliphatic carbocycles. The number of aromatic amines is 1. The van der Waals surface area contributed by atoms with Crippen LogP contribution in [-0.4, -0.2) is 66.4 Å². The summed E-state index contributed by atoms with van der Waals surface area (Å²) in [5, 5.41) is 2.98. The van der Waals surface area contributed by atoms with Crippen LogP contribution in [0.3, 0.4) is 0 Å². The molecule has 3 aromatic rings. The second-order valence-electron chi connectivity index (χ2n) is 10.7. The zero-order valence-electron chi connectivity index (χ0n) is 23.0. The first-order valence-electron chi connectivity index (χ1n) is 13.2. The van der Waals surface area contributed by atoms with E-state index in [9.17, 15) is 26.4 Å². The largest absolute Gasteiger partial charge is 0.418 e. The molecule has 0 spiro atoms. The van der Waals surface area contributed by atoms with E-state index in [1.165, 1.54) is 23.9 Å². The summed E-state index contributed by atoms with van der Waals surface area (Å²) in [6.45, 7) is 4.18. The van der Waals surface area contributed by atoms with Gasteiger partial charge in [-0.1, -0.05) is 6.07 Å². The summed E-state index contributed by atoms with van der Waals surface area (Å²) in [7, 11) is -1.60. The molecule has 1 saturated carbocycles. The minimum absolute atomic E-state index is 0.113. The molecule has 0 saturated heterocycles. The number of para-hydroxylation sites is 1. The number of rotatable bonds is 9. The number of hydrogen-bond donors (Lipinski definition) is 2. The Bertz CT molecular complexity index is 1440. The van der Waals surface area contributed by atoms with Crippen molar-refractivity contribution in [1.82, 2.24) is 20.2 Å². The van der Waals surface area contributed by atoms with Crippen LogP contribution in [0, 0.1) is 5.92 Å². The topological polar surface area (TPSA) is 95.2 Å². The fraction of sp³-hybridized carbons (Fsp3) is 0.500. The van der Waals surface area contributed by atoms with Crippen molar-refractivity contribution in [2.24, 2.45) is 5.92 Å². The number of nitrogens with zero attached hydrogens (tertiary/aromatic N) is 2. The van der Waals surface area contributed by atoms with Crippen molar-refractivity contribution >= 4 is 38.5 Å². The van der Waals surface area contributed by atoms with Crippen LogP contribution in [0.25, 0.3) is 11.0 Å². The van der Waals surface area contributed by atoms with Crippen LogP contribution in [-0.2, 0) is 27.2 Å². The lowest BCUT2D eigenvalue weighted by atomic mass is 9.81. The molecular weight excluding hydrogens is 561 g/mol. The lowest BCUT2D eigenvalue weighted by Crippen LogP contribution is -2.51. The molecule has 1 aromatic heterocycles. The van der Waals surface area contributed by atoms with E-state index in [0.29, 0.717) is 12.8 Å². The Hall–Kier alpha value is -2.57. The number of halogens is 3. The van der Waals surface area contributed by atoms with Gasteiger partial charge in [0.25, 0.3) is 0 Å². The molecule has 0 aliphatic heterocycles. The molecule has 3 atom stereocenters. The summed E-state index contributed by atoms with van der Waals surface area (Å²) in [4.78, 5) is 23.4. The lowest BCUT2D eigenvalue weighted by molar-refractivity contribution is -0.136. The van der Waals surface area contributed by atoms with Crippen LogP contribution in [0.2, 0.25) is 0 Å². The van der Waals surface area contributed by atoms with Crippen molar-refractivity contribution in [3.8, 4) is 0 Å². The number of fused-ring (bicyclic) bond motifs is 1. The minimum Gasteiger partial charge on any atom is -0.353 e. The summed E-state index contributed by atoms with van der Waals surface area (Å²) < 4.78 is 67.0. The van der Waals surface area contributed by atoms with Gasteiger partial charge >= 0.3 is 6.18 Å². The van der Waals surface area contributed by atoms with Gasteiger partial charge in [-0.3, -0.25) is 4.79 Å². The fourth-order valence-corrected chi connectivity index (χ4v) is 7.46. The van der Waals surface area contributed by atoms with E-state index in [1.54, 1.807) is 24.3 Å². The monoisotopic (exact) mass is 596 g/mol. The predicted molar refractivity (Wildman–Crippen MR) is 151 cm³/mol. The fourth-order valence-electron chi connectivity index (χ4n) is 5.37. The number of carbonyl (C=O) groups excluding carboxylic acids is 1. The molecule has 2 aromatic carbocycles. The van der Waals surface area contributed by atoms with E-state index in [-0.39, 0.29) is 58.0 Å². The Labute approximate surface area is 237 Å². The molecule has 2 N–H and O–H groups in total. The Morgan fingerprint density at radius 1 is 1.18 bits per heavy atom. The average molecular weight is 597 g/mol. The summed E-state index contributed by atoms with van der Waals surface area (Å²) in [6, 6.07) is 10.6. The number of thioether (sulfide) groups is 1. The molecule has 7 nitrogen and oxygen atoms in total. The lowest BCUT2D eigenvalue weighted by Gasteiger charge is -2.41. The molecule has 12 heteroatoms. The molecule has 4 rings (SSSR count). The average Bonchev–Trinajstić information content (AvgIpc) is 3.30. The highest BCUT2D eigenvalue weighted by molar-refractivity contribution is 7.98. The smallest absolute Gasteiger partial charge is 0.353 e. The first-order chi connectivity index (χ1) is 18.8. The molecule has 218 valence electrons. The first-order valence-corrected chi connectivity index (χ1v) is 16.1. The summed E-state index contributed by atoms with van der Waals surface area (Å²) in [6.07, 6.45) is -0.903. The third-order valence-corrected chi connectivity index (χ3v) is 10.3. The van der Waals surface area contributed by atoms with Crippen molar-refractivity contribution in [2.45, 2.75) is 73.6 Å². The maximum atomic E-state index is 13.4. The van der Waals surface area contributed by atoms with Gasteiger partial charge in [0.15, 0.2) is 9.84 Å². The second kappa shape index (κ2) is 12.1. The maximum absolute atomic E-state index is 13.4. The van der Waals surface area contributed by atoms with E-state index < -0.39 is 27.5 Å². The Kier molecular flexibility index (Phi) is 9.21. The SMILES string of the molecule is CSc1ccc(S(=O)(=O)C[C@@H]2C[C@H](N(C)C(C)C)CCC2NC(=O)Cc2nc3c(C(F)(F)F)cccc3[nH]2)cc1. The number of carbonyl (C=O) groups is 1. The summed E-state index contributed by atoms with van der Waals surface area (Å²) >= 11 is 1.53. The van der Waals surface area contributed by atoms with Crippen molar-refractivity contribution in [2.75, 3.05) is 19.1 Å². The number of alkyl halides is 3. The second-order valence-corrected chi connectivity index (χ2v) is 13.6. The highest BCUT2D eigenvalue weighted by Gasteiger charge is 2.37. The van der Waals surface area contributed by atoms with E-state index in [4.69, 9.17) is 0 Å². The normalized spacial score (nSPS) is 20.4. The highest BCUT2D eigenvalue weighted by Crippen LogP contribution is 2.34. The van der Waals surface area contributed by atoms with E-state index in [0.717, 1.165) is 17.4 Å². The Morgan fingerprint density at radius 3 is 2.50 bits per heavy atom. The summed E-state index contributed by atoms with van der Waals surface area (Å²) in [5.41, 5.74) is -0.894. The van der Waals surface area contributed by atoms with Crippen molar-refractivity contribution in [3.05, 3.63) is 53.9 Å². The number of H-pyrrole nitrogens is 1. The number of amides is 1.